The molecule has 0 bridgehead atoms. The second-order valence-electron chi connectivity index (χ2n) is 4.48. The van der Waals surface area contributed by atoms with E-state index in [4.69, 9.17) is 21.6 Å². The number of nitriles is 1. The summed E-state index contributed by atoms with van der Waals surface area (Å²) in [5.41, 5.74) is 3.50. The number of nitrogens with zero attached hydrogens (tertiary/aromatic N) is 3. The lowest BCUT2D eigenvalue weighted by Crippen LogP contribution is -2.41. The largest absolute Gasteiger partial charge is 0.496 e. The van der Waals surface area contributed by atoms with E-state index in [9.17, 15) is 4.79 Å². The van der Waals surface area contributed by atoms with E-state index in [-0.39, 0.29) is 10.9 Å². The van der Waals surface area contributed by atoms with Crippen molar-refractivity contribution in [1.82, 2.24) is 15.8 Å². The van der Waals surface area contributed by atoms with Gasteiger partial charge >= 0.3 is 0 Å². The first-order valence-electron chi connectivity index (χ1n) is 7.21. The minimum Gasteiger partial charge on any atom is -0.496 e. The zero-order valence-corrected chi connectivity index (χ0v) is 15.6. The molecule has 130 valence electrons. The lowest BCUT2D eigenvalue weighted by molar-refractivity contribution is 0.0802. The molecular formula is C15H20ClN5O2S. The average Bonchev–Trinajstić information content (AvgIpc) is 2.59. The molecule has 1 aromatic rings. The lowest BCUT2D eigenvalue weighted by Gasteiger charge is -2.20. The number of rotatable bonds is 6. The van der Waals surface area contributed by atoms with Crippen molar-refractivity contribution >= 4 is 40.1 Å². The fourth-order valence-corrected chi connectivity index (χ4v) is 2.39. The monoisotopic (exact) mass is 369 g/mol. The Labute approximate surface area is 151 Å². The van der Waals surface area contributed by atoms with Crippen molar-refractivity contribution in [2.24, 2.45) is 4.99 Å². The van der Waals surface area contributed by atoms with Gasteiger partial charge in [0.05, 0.1) is 23.4 Å². The van der Waals surface area contributed by atoms with E-state index < -0.39 is 0 Å². The molecule has 24 heavy (non-hydrogen) atoms. The molecule has 0 aliphatic carbocycles. The Bertz CT molecular complexity index is 656. The van der Waals surface area contributed by atoms with Crippen LogP contribution in [-0.4, -0.2) is 42.5 Å². The summed E-state index contributed by atoms with van der Waals surface area (Å²) >= 11 is 7.50. The molecule has 2 N–H and O–H groups in total. The molecular weight excluding hydrogens is 350 g/mol. The smallest absolute Gasteiger partial charge is 0.269 e. The molecule has 9 heteroatoms. The Kier molecular flexibility index (Phi) is 8.40. The maximum atomic E-state index is 12.4. The molecule has 0 aliphatic heterocycles. The third-order valence-electron chi connectivity index (χ3n) is 3.11. The van der Waals surface area contributed by atoms with Gasteiger partial charge in [-0.3, -0.25) is 15.5 Å². The summed E-state index contributed by atoms with van der Waals surface area (Å²) in [6.45, 7) is 5.24. The molecule has 0 saturated heterocycles. The normalized spacial score (nSPS) is 11.1. The molecule has 0 fully saturated rings. The van der Waals surface area contributed by atoms with Crippen LogP contribution in [0.15, 0.2) is 17.1 Å². The number of benzene rings is 1. The van der Waals surface area contributed by atoms with E-state index in [1.807, 2.05) is 13.8 Å². The van der Waals surface area contributed by atoms with Crippen LogP contribution in [0.4, 0.5) is 5.69 Å². The summed E-state index contributed by atoms with van der Waals surface area (Å²) in [5.74, 6) is 0.0356. The molecule has 1 amide bonds. The average molecular weight is 370 g/mol. The van der Waals surface area contributed by atoms with Gasteiger partial charge in [-0.15, -0.1) is 0 Å². The van der Waals surface area contributed by atoms with Gasteiger partial charge in [-0.05, 0) is 12.3 Å². The molecule has 0 aliphatic rings. The van der Waals surface area contributed by atoms with Crippen LogP contribution in [0.2, 0.25) is 5.02 Å². The molecule has 0 saturated carbocycles. The molecule has 7 nitrogen and oxygen atoms in total. The summed E-state index contributed by atoms with van der Waals surface area (Å²) in [5, 5.41) is 13.6. The molecule has 0 atom stereocenters. The summed E-state index contributed by atoms with van der Waals surface area (Å²) in [4.78, 5) is 16.7. The maximum absolute atomic E-state index is 12.4. The van der Waals surface area contributed by atoms with Gasteiger partial charge < -0.3 is 4.74 Å². The van der Waals surface area contributed by atoms with E-state index in [0.717, 1.165) is 0 Å². The van der Waals surface area contributed by atoms with Crippen molar-refractivity contribution in [2.45, 2.75) is 13.8 Å². The number of carbonyl (C=O) groups is 1. The highest BCUT2D eigenvalue weighted by molar-refractivity contribution is 8.13. The Balaban J connectivity index is 3.21. The molecule has 0 radical (unpaired) electrons. The van der Waals surface area contributed by atoms with E-state index in [1.54, 1.807) is 23.5 Å². The first-order valence-corrected chi connectivity index (χ1v) is 8.82. The van der Waals surface area contributed by atoms with Crippen LogP contribution in [0.1, 0.15) is 24.2 Å². The van der Waals surface area contributed by atoms with Gasteiger partial charge in [-0.2, -0.15) is 5.26 Å². The number of hydrazine groups is 1. The van der Waals surface area contributed by atoms with Crippen molar-refractivity contribution < 1.29 is 9.53 Å². The van der Waals surface area contributed by atoms with Gasteiger partial charge in [0.15, 0.2) is 11.4 Å². The third-order valence-corrected chi connectivity index (χ3v) is 4.00. The number of ether oxygens (including phenoxy) is 1. The zero-order chi connectivity index (χ0) is 18.1. The molecule has 1 aromatic carbocycles. The van der Waals surface area contributed by atoms with Crippen molar-refractivity contribution in [1.29, 1.82) is 5.26 Å². The molecule has 0 aromatic heterocycles. The van der Waals surface area contributed by atoms with Crippen molar-refractivity contribution in [3.8, 4) is 11.9 Å². The summed E-state index contributed by atoms with van der Waals surface area (Å²) in [6, 6.07) is 3.07. The van der Waals surface area contributed by atoms with Gasteiger partial charge in [0.1, 0.15) is 5.75 Å². The SMILES string of the molecule is CCN(CC)NC(=O)c1cc(Cl)c(N=C(NC#N)SC)cc1OC. The van der Waals surface area contributed by atoms with E-state index in [1.165, 1.54) is 24.9 Å². The second-order valence-corrected chi connectivity index (χ2v) is 5.68. The van der Waals surface area contributed by atoms with Crippen molar-refractivity contribution in [3.05, 3.63) is 22.7 Å². The van der Waals surface area contributed by atoms with Gasteiger partial charge in [0.25, 0.3) is 5.91 Å². The van der Waals surface area contributed by atoms with Crippen molar-refractivity contribution in [2.75, 3.05) is 26.5 Å². The highest BCUT2D eigenvalue weighted by atomic mass is 35.5. The molecule has 0 heterocycles. The van der Waals surface area contributed by atoms with Crippen LogP contribution < -0.4 is 15.5 Å². The van der Waals surface area contributed by atoms with Gasteiger partial charge in [-0.25, -0.2) is 10.0 Å². The number of carbonyl (C=O) groups excluding carboxylic acids is 1. The van der Waals surface area contributed by atoms with Gasteiger partial charge in [0, 0.05) is 19.2 Å². The predicted octanol–water partition coefficient (Wildman–Crippen LogP) is 2.76. The standard InChI is InChI=1S/C15H20ClN5O2S/c1-5-21(6-2)20-14(22)10-7-11(16)12(8-13(10)23-3)19-15(24-4)18-9-17/h7-8H,5-6H2,1-4H3,(H,18,19)(H,20,22). The number of methoxy groups -OCH3 is 1. The summed E-state index contributed by atoms with van der Waals surface area (Å²) in [7, 11) is 1.47. The summed E-state index contributed by atoms with van der Waals surface area (Å²) < 4.78 is 5.29. The highest BCUT2D eigenvalue weighted by Crippen LogP contribution is 2.33. The van der Waals surface area contributed by atoms with E-state index in [0.29, 0.717) is 35.3 Å². The zero-order valence-electron chi connectivity index (χ0n) is 14.0. The van der Waals surface area contributed by atoms with Crippen LogP contribution in [0, 0.1) is 11.5 Å². The Morgan fingerprint density at radius 1 is 1.46 bits per heavy atom. The van der Waals surface area contributed by atoms with E-state index in [2.05, 4.69) is 15.7 Å². The van der Waals surface area contributed by atoms with Crippen LogP contribution in [0.3, 0.4) is 0 Å². The Hall–Kier alpha value is -1.95. The lowest BCUT2D eigenvalue weighted by atomic mass is 10.1. The van der Waals surface area contributed by atoms with Crippen LogP contribution in [0.25, 0.3) is 0 Å². The number of amidine groups is 1. The number of hydrogen-bond acceptors (Lipinski definition) is 6. The number of nitrogens with one attached hydrogen (secondary N) is 2. The quantitative estimate of drug-likeness (QED) is 0.263. The minimum atomic E-state index is -0.312. The number of halogens is 1. The molecule has 1 rings (SSSR count). The topological polar surface area (TPSA) is 89.8 Å². The van der Waals surface area contributed by atoms with Gasteiger partial charge in [-0.1, -0.05) is 37.2 Å². The number of thioether (sulfide) groups is 1. The fraction of sp³-hybridized carbons (Fsp3) is 0.400. The second kappa shape index (κ2) is 10.0. The maximum Gasteiger partial charge on any atom is 0.269 e. The highest BCUT2D eigenvalue weighted by Gasteiger charge is 2.17. The van der Waals surface area contributed by atoms with Crippen LogP contribution in [-0.2, 0) is 0 Å². The van der Waals surface area contributed by atoms with E-state index >= 15 is 0 Å². The van der Waals surface area contributed by atoms with Gasteiger partial charge in [0.2, 0.25) is 0 Å². The van der Waals surface area contributed by atoms with Crippen molar-refractivity contribution in [3.63, 3.8) is 0 Å². The van der Waals surface area contributed by atoms with Crippen LogP contribution >= 0.6 is 23.4 Å². The fourth-order valence-electron chi connectivity index (χ4n) is 1.84. The Morgan fingerprint density at radius 2 is 2.12 bits per heavy atom. The Morgan fingerprint density at radius 3 is 2.62 bits per heavy atom. The minimum absolute atomic E-state index is 0.284. The number of hydrogen-bond donors (Lipinski definition) is 2. The molecule has 0 unspecified atom stereocenters. The first-order chi connectivity index (χ1) is 11.5. The van der Waals surface area contributed by atoms with Crippen LogP contribution in [0.5, 0.6) is 5.75 Å². The third kappa shape index (κ3) is 5.30. The number of aliphatic imine (C=N–C) groups is 1. The summed E-state index contributed by atoms with van der Waals surface area (Å²) in [6.07, 6.45) is 3.58. The first kappa shape index (κ1) is 20.1. The molecule has 0 spiro atoms. The predicted molar refractivity (Wildman–Crippen MR) is 97.7 cm³/mol. The number of amides is 1.